The van der Waals surface area contributed by atoms with Crippen LogP contribution in [0.15, 0.2) is 18.3 Å². The van der Waals surface area contributed by atoms with E-state index in [-0.39, 0.29) is 5.25 Å². The lowest BCUT2D eigenvalue weighted by Crippen LogP contribution is -2.51. The molecule has 0 bridgehead atoms. The van der Waals surface area contributed by atoms with E-state index in [2.05, 4.69) is 4.98 Å². The number of nitrogens with zero attached hydrogens (tertiary/aromatic N) is 3. The average molecular weight is 318 g/mol. The molecule has 1 aromatic rings. The van der Waals surface area contributed by atoms with Crippen LogP contribution in [-0.2, 0) is 10.0 Å². The van der Waals surface area contributed by atoms with Crippen molar-refractivity contribution in [2.75, 3.05) is 31.1 Å². The minimum Gasteiger partial charge on any atom is -0.353 e. The molecule has 0 amide bonds. The Kier molecular flexibility index (Phi) is 4.88. The second-order valence-electron chi connectivity index (χ2n) is 4.96. The fourth-order valence-corrected chi connectivity index (χ4v) is 4.07. The molecule has 1 aliphatic rings. The topological polar surface area (TPSA) is 53.5 Å². The summed E-state index contributed by atoms with van der Waals surface area (Å²) >= 11 is 6.12. The number of hydrogen-bond donors (Lipinski definition) is 0. The predicted octanol–water partition coefficient (Wildman–Crippen LogP) is 1.99. The van der Waals surface area contributed by atoms with E-state index in [4.69, 9.17) is 11.6 Å². The van der Waals surface area contributed by atoms with E-state index < -0.39 is 10.0 Å². The highest BCUT2D eigenvalue weighted by molar-refractivity contribution is 7.89. The molecule has 5 nitrogen and oxygen atoms in total. The molecule has 112 valence electrons. The zero-order chi connectivity index (χ0) is 14.8. The molecule has 0 spiro atoms. The standard InChI is InChI=1S/C13H20ClN3O2S/c1-3-11(2)20(18,19)17-9-7-16(8-10-17)13-12(14)5-4-6-15-13/h4-6,11H,3,7-10H2,1-2H3/t11-/m0/s1. The highest BCUT2D eigenvalue weighted by Crippen LogP contribution is 2.24. The Balaban J connectivity index is 2.05. The van der Waals surface area contributed by atoms with Crippen LogP contribution in [0.3, 0.4) is 0 Å². The summed E-state index contributed by atoms with van der Waals surface area (Å²) in [6.07, 6.45) is 2.33. The first-order valence-corrected chi connectivity index (χ1v) is 8.69. The van der Waals surface area contributed by atoms with Crippen LogP contribution in [0, 0.1) is 0 Å². The maximum absolute atomic E-state index is 12.3. The van der Waals surface area contributed by atoms with Gasteiger partial charge in [-0.1, -0.05) is 18.5 Å². The average Bonchev–Trinajstić information content (AvgIpc) is 2.47. The van der Waals surface area contributed by atoms with Gasteiger partial charge < -0.3 is 4.90 Å². The number of piperazine rings is 1. The van der Waals surface area contributed by atoms with E-state index in [0.717, 1.165) is 5.82 Å². The van der Waals surface area contributed by atoms with Gasteiger partial charge in [-0.2, -0.15) is 4.31 Å². The lowest BCUT2D eigenvalue weighted by molar-refractivity contribution is 0.378. The molecule has 0 N–H and O–H groups in total. The molecule has 2 rings (SSSR count). The van der Waals surface area contributed by atoms with Gasteiger partial charge in [-0.3, -0.25) is 0 Å². The van der Waals surface area contributed by atoms with E-state index in [1.54, 1.807) is 29.6 Å². The zero-order valence-electron chi connectivity index (χ0n) is 11.8. The fraction of sp³-hybridized carbons (Fsp3) is 0.615. The van der Waals surface area contributed by atoms with Crippen LogP contribution in [0.2, 0.25) is 5.02 Å². The summed E-state index contributed by atoms with van der Waals surface area (Å²) in [5.41, 5.74) is 0. The number of halogens is 1. The SMILES string of the molecule is CC[C@H](C)S(=O)(=O)N1CCN(c2ncccc2Cl)CC1. The third-order valence-corrected chi connectivity index (χ3v) is 6.45. The maximum Gasteiger partial charge on any atom is 0.216 e. The lowest BCUT2D eigenvalue weighted by Gasteiger charge is -2.36. The van der Waals surface area contributed by atoms with Gasteiger partial charge in [0, 0.05) is 32.4 Å². The number of aromatic nitrogens is 1. The minimum absolute atomic E-state index is 0.326. The Morgan fingerprint density at radius 1 is 1.35 bits per heavy atom. The molecular formula is C13H20ClN3O2S. The summed E-state index contributed by atoms with van der Waals surface area (Å²) in [6, 6.07) is 3.58. The highest BCUT2D eigenvalue weighted by atomic mass is 35.5. The normalized spacial score (nSPS) is 19.1. The summed E-state index contributed by atoms with van der Waals surface area (Å²) in [5, 5.41) is 0.276. The van der Waals surface area contributed by atoms with Crippen molar-refractivity contribution in [3.63, 3.8) is 0 Å². The summed E-state index contributed by atoms with van der Waals surface area (Å²) < 4.78 is 26.2. The van der Waals surface area contributed by atoms with Gasteiger partial charge >= 0.3 is 0 Å². The Hall–Kier alpha value is -0.850. The first-order chi connectivity index (χ1) is 9.46. The highest BCUT2D eigenvalue weighted by Gasteiger charge is 2.31. The van der Waals surface area contributed by atoms with Crippen LogP contribution in [0.5, 0.6) is 0 Å². The third-order valence-electron chi connectivity index (χ3n) is 3.72. The lowest BCUT2D eigenvalue weighted by atomic mass is 10.3. The molecular weight excluding hydrogens is 298 g/mol. The van der Waals surface area contributed by atoms with Gasteiger partial charge in [0.05, 0.1) is 10.3 Å². The van der Waals surface area contributed by atoms with Crippen molar-refractivity contribution < 1.29 is 8.42 Å². The first kappa shape index (κ1) is 15.5. The molecule has 0 radical (unpaired) electrons. The van der Waals surface area contributed by atoms with Crippen LogP contribution < -0.4 is 4.90 Å². The monoisotopic (exact) mass is 317 g/mol. The summed E-state index contributed by atoms with van der Waals surface area (Å²) in [5.74, 6) is 0.731. The van der Waals surface area contributed by atoms with Gasteiger partial charge in [-0.05, 0) is 25.5 Å². The largest absolute Gasteiger partial charge is 0.353 e. The van der Waals surface area contributed by atoms with E-state index in [9.17, 15) is 8.42 Å². The predicted molar refractivity (Wildman–Crippen MR) is 81.7 cm³/mol. The third kappa shape index (κ3) is 3.07. The van der Waals surface area contributed by atoms with Gasteiger partial charge in [0.1, 0.15) is 5.82 Å². The Labute approximate surface area is 125 Å². The van der Waals surface area contributed by atoms with Crippen molar-refractivity contribution in [2.45, 2.75) is 25.5 Å². The molecule has 0 unspecified atom stereocenters. The maximum atomic E-state index is 12.3. The molecule has 1 fully saturated rings. The van der Waals surface area contributed by atoms with Crippen LogP contribution in [0.25, 0.3) is 0 Å². The minimum atomic E-state index is -3.17. The fourth-order valence-electron chi connectivity index (χ4n) is 2.23. The Morgan fingerprint density at radius 2 is 2.00 bits per heavy atom. The Bertz CT molecular complexity index is 556. The van der Waals surface area contributed by atoms with Crippen molar-refractivity contribution in [3.8, 4) is 0 Å². The number of hydrogen-bond acceptors (Lipinski definition) is 4. The Morgan fingerprint density at radius 3 is 2.55 bits per heavy atom. The quantitative estimate of drug-likeness (QED) is 0.852. The molecule has 2 heterocycles. The number of pyridine rings is 1. The number of anilines is 1. The zero-order valence-corrected chi connectivity index (χ0v) is 13.4. The van der Waals surface area contributed by atoms with Crippen molar-refractivity contribution >= 4 is 27.4 Å². The molecule has 0 aromatic carbocycles. The molecule has 0 saturated carbocycles. The number of rotatable bonds is 4. The van der Waals surface area contributed by atoms with E-state index in [1.807, 2.05) is 11.8 Å². The van der Waals surface area contributed by atoms with E-state index >= 15 is 0 Å². The van der Waals surface area contributed by atoms with Crippen LogP contribution in [0.4, 0.5) is 5.82 Å². The smallest absolute Gasteiger partial charge is 0.216 e. The second kappa shape index (κ2) is 6.28. The van der Waals surface area contributed by atoms with Crippen LogP contribution >= 0.6 is 11.6 Å². The molecule has 20 heavy (non-hydrogen) atoms. The van der Waals surface area contributed by atoms with Crippen molar-refractivity contribution in [2.24, 2.45) is 0 Å². The summed E-state index contributed by atoms with van der Waals surface area (Å²) in [6.45, 7) is 5.86. The van der Waals surface area contributed by atoms with Crippen LogP contribution in [0.1, 0.15) is 20.3 Å². The van der Waals surface area contributed by atoms with Gasteiger partial charge in [-0.25, -0.2) is 13.4 Å². The second-order valence-corrected chi connectivity index (χ2v) is 7.72. The first-order valence-electron chi connectivity index (χ1n) is 6.81. The van der Waals surface area contributed by atoms with Crippen molar-refractivity contribution in [3.05, 3.63) is 23.4 Å². The molecule has 1 saturated heterocycles. The molecule has 0 aliphatic carbocycles. The summed E-state index contributed by atoms with van der Waals surface area (Å²) in [7, 11) is -3.17. The van der Waals surface area contributed by atoms with Crippen LogP contribution in [-0.4, -0.2) is 49.1 Å². The number of sulfonamides is 1. The van der Waals surface area contributed by atoms with Gasteiger partial charge in [0.25, 0.3) is 0 Å². The molecule has 7 heteroatoms. The van der Waals surface area contributed by atoms with Crippen molar-refractivity contribution in [1.82, 2.24) is 9.29 Å². The molecule has 1 atom stereocenters. The van der Waals surface area contributed by atoms with Gasteiger partial charge in [-0.15, -0.1) is 0 Å². The van der Waals surface area contributed by atoms with E-state index in [1.165, 1.54) is 0 Å². The van der Waals surface area contributed by atoms with Crippen molar-refractivity contribution in [1.29, 1.82) is 0 Å². The van der Waals surface area contributed by atoms with Gasteiger partial charge in [0.2, 0.25) is 10.0 Å². The molecule has 1 aliphatic heterocycles. The van der Waals surface area contributed by atoms with Gasteiger partial charge in [0.15, 0.2) is 0 Å². The van der Waals surface area contributed by atoms with E-state index in [0.29, 0.717) is 37.6 Å². The molecule has 1 aromatic heterocycles. The summed E-state index contributed by atoms with van der Waals surface area (Å²) in [4.78, 5) is 6.30.